The number of thiazole rings is 1. The molecular weight excluding hydrogens is 408 g/mol. The number of ether oxygens (including phenoxy) is 2. The second-order valence-electron chi connectivity index (χ2n) is 7.50. The summed E-state index contributed by atoms with van der Waals surface area (Å²) >= 11 is 0.992. The number of nitrogens with zero attached hydrogens (tertiary/aromatic N) is 1. The predicted octanol–water partition coefficient (Wildman–Crippen LogP) is 3.80. The minimum absolute atomic E-state index is 0.0672. The third-order valence-electron chi connectivity index (χ3n) is 5.07. The van der Waals surface area contributed by atoms with Gasteiger partial charge in [0.2, 0.25) is 5.88 Å². The van der Waals surface area contributed by atoms with Crippen molar-refractivity contribution in [2.24, 2.45) is 0 Å². The van der Waals surface area contributed by atoms with Gasteiger partial charge < -0.3 is 14.6 Å². The fourth-order valence-electron chi connectivity index (χ4n) is 3.39. The highest BCUT2D eigenvalue weighted by molar-refractivity contribution is 7.09. The molecule has 0 spiro atoms. The number of aromatic amines is 1. The number of nitrogens with one attached hydrogen (secondary N) is 1. The van der Waals surface area contributed by atoms with E-state index in [0.717, 1.165) is 22.5 Å². The molecule has 1 atom stereocenters. The van der Waals surface area contributed by atoms with Crippen molar-refractivity contribution in [3.05, 3.63) is 78.3 Å². The lowest BCUT2D eigenvalue weighted by Crippen LogP contribution is -2.42. The lowest BCUT2D eigenvalue weighted by atomic mass is 9.93. The second kappa shape index (κ2) is 7.83. The average Bonchev–Trinajstić information content (AvgIpc) is 3.03. The van der Waals surface area contributed by atoms with Crippen LogP contribution in [-0.2, 0) is 12.8 Å². The number of aromatic nitrogens is 1. The first-order valence-electron chi connectivity index (χ1n) is 9.40. The van der Waals surface area contributed by atoms with Gasteiger partial charge in [-0.2, -0.15) is 0 Å². The topological polar surface area (TPSA) is 115 Å². The fraction of sp³-hybridized carbons (Fsp3) is 0.286. The van der Waals surface area contributed by atoms with Crippen molar-refractivity contribution in [2.75, 3.05) is 6.61 Å². The third kappa shape index (κ3) is 4.30. The largest absolute Gasteiger partial charge is 0.494 e. The van der Waals surface area contributed by atoms with Crippen LogP contribution >= 0.6 is 11.3 Å². The highest BCUT2D eigenvalue weighted by Gasteiger charge is 2.33. The summed E-state index contributed by atoms with van der Waals surface area (Å²) in [6.45, 7) is 2.30. The first-order valence-corrected chi connectivity index (χ1v) is 10.2. The first-order chi connectivity index (χ1) is 14.3. The first kappa shape index (κ1) is 20.0. The Morgan fingerprint density at radius 1 is 1.30 bits per heavy atom. The molecule has 0 aliphatic carbocycles. The van der Waals surface area contributed by atoms with E-state index in [1.165, 1.54) is 6.07 Å². The number of hydrogen-bond acceptors (Lipinski definition) is 7. The van der Waals surface area contributed by atoms with Crippen LogP contribution in [0.25, 0.3) is 0 Å². The van der Waals surface area contributed by atoms with E-state index in [1.54, 1.807) is 12.1 Å². The van der Waals surface area contributed by atoms with Crippen molar-refractivity contribution in [1.82, 2.24) is 4.98 Å². The van der Waals surface area contributed by atoms with Crippen molar-refractivity contribution < 1.29 is 19.5 Å². The predicted molar refractivity (Wildman–Crippen MR) is 112 cm³/mol. The van der Waals surface area contributed by atoms with Gasteiger partial charge in [-0.15, -0.1) is 0 Å². The van der Waals surface area contributed by atoms with Crippen molar-refractivity contribution in [2.45, 2.75) is 31.8 Å². The van der Waals surface area contributed by atoms with Gasteiger partial charge in [0.05, 0.1) is 9.80 Å². The van der Waals surface area contributed by atoms with Crippen LogP contribution in [0.4, 0.5) is 5.69 Å². The van der Waals surface area contributed by atoms with Gasteiger partial charge in [0.1, 0.15) is 23.7 Å². The Morgan fingerprint density at radius 2 is 2.07 bits per heavy atom. The van der Waals surface area contributed by atoms with Crippen molar-refractivity contribution in [3.63, 3.8) is 0 Å². The number of benzene rings is 2. The van der Waals surface area contributed by atoms with E-state index in [1.807, 2.05) is 31.2 Å². The number of aromatic hydroxyl groups is 1. The molecule has 9 heteroatoms. The number of H-pyrrole nitrogens is 1. The SMILES string of the molecule is CC1(COc2ccc(Cc3sc(=O)[nH]c3O)cc2)CCc2cc([N+](=O)[O-])ccc2O1. The number of non-ortho nitro benzene ring substituents is 1. The maximum atomic E-state index is 11.3. The summed E-state index contributed by atoms with van der Waals surface area (Å²) < 4.78 is 12.0. The summed E-state index contributed by atoms with van der Waals surface area (Å²) in [5, 5.41) is 20.6. The smallest absolute Gasteiger partial charge is 0.307 e. The van der Waals surface area contributed by atoms with Crippen LogP contribution in [0.15, 0.2) is 47.3 Å². The molecular formula is C21H20N2O6S. The Bertz CT molecular complexity index is 1140. The normalized spacial score (nSPS) is 17.8. The van der Waals surface area contributed by atoms with Crippen LogP contribution in [0.2, 0.25) is 0 Å². The van der Waals surface area contributed by atoms with Crippen molar-refractivity contribution in [1.29, 1.82) is 0 Å². The summed E-state index contributed by atoms with van der Waals surface area (Å²) in [6, 6.07) is 12.1. The number of aryl methyl sites for hydroxylation is 1. The molecule has 0 amide bonds. The Kier molecular flexibility index (Phi) is 5.21. The highest BCUT2D eigenvalue weighted by atomic mass is 32.1. The zero-order chi connectivity index (χ0) is 21.3. The van der Waals surface area contributed by atoms with Crippen molar-refractivity contribution in [3.8, 4) is 17.4 Å². The van der Waals surface area contributed by atoms with Gasteiger partial charge in [0, 0.05) is 24.1 Å². The molecule has 2 N–H and O–H groups in total. The molecule has 0 radical (unpaired) electrons. The molecule has 156 valence electrons. The summed E-state index contributed by atoms with van der Waals surface area (Å²) in [5.74, 6) is 1.25. The minimum atomic E-state index is -0.537. The van der Waals surface area contributed by atoms with Gasteiger partial charge in [-0.3, -0.25) is 19.9 Å². The van der Waals surface area contributed by atoms with Gasteiger partial charge in [-0.25, -0.2) is 0 Å². The lowest BCUT2D eigenvalue weighted by Gasteiger charge is -2.35. The number of rotatable bonds is 6. The molecule has 30 heavy (non-hydrogen) atoms. The zero-order valence-corrected chi connectivity index (χ0v) is 17.0. The maximum absolute atomic E-state index is 11.3. The van der Waals surface area contributed by atoms with Crippen LogP contribution in [0.3, 0.4) is 0 Å². The van der Waals surface area contributed by atoms with Gasteiger partial charge in [0.15, 0.2) is 0 Å². The molecule has 4 rings (SSSR count). The van der Waals surface area contributed by atoms with Crippen LogP contribution in [0.5, 0.6) is 17.4 Å². The van der Waals surface area contributed by atoms with Gasteiger partial charge in [0.25, 0.3) is 5.69 Å². The standard InChI is InChI=1S/C21H20N2O6S/c1-21(9-8-14-11-15(23(26)27)4-7-17(14)29-21)12-28-16-5-2-13(3-6-16)10-18-19(24)22-20(25)30-18/h2-7,11,24H,8-10,12H2,1H3,(H,22,25). The summed E-state index contributed by atoms with van der Waals surface area (Å²) in [7, 11) is 0. The molecule has 0 saturated carbocycles. The maximum Gasteiger partial charge on any atom is 0.307 e. The fourth-order valence-corrected chi connectivity index (χ4v) is 4.15. The van der Waals surface area contributed by atoms with E-state index < -0.39 is 10.5 Å². The van der Waals surface area contributed by atoms with E-state index in [4.69, 9.17) is 9.47 Å². The summed E-state index contributed by atoms with van der Waals surface area (Å²) in [6.07, 6.45) is 1.82. The highest BCUT2D eigenvalue weighted by Crippen LogP contribution is 2.35. The van der Waals surface area contributed by atoms with Gasteiger partial charge in [-0.1, -0.05) is 23.5 Å². The van der Waals surface area contributed by atoms with Gasteiger partial charge >= 0.3 is 4.87 Å². The molecule has 0 bridgehead atoms. The Hall–Kier alpha value is -3.33. The van der Waals surface area contributed by atoms with Gasteiger partial charge in [-0.05, 0) is 43.5 Å². The lowest BCUT2D eigenvalue weighted by molar-refractivity contribution is -0.385. The van der Waals surface area contributed by atoms with Crippen LogP contribution in [0.1, 0.15) is 29.3 Å². The minimum Gasteiger partial charge on any atom is -0.494 e. The van der Waals surface area contributed by atoms with E-state index in [9.17, 15) is 20.0 Å². The number of nitro benzene ring substituents is 1. The molecule has 2 heterocycles. The number of nitro groups is 1. The quantitative estimate of drug-likeness (QED) is 0.456. The third-order valence-corrected chi connectivity index (χ3v) is 5.94. The molecule has 1 aliphatic heterocycles. The van der Waals surface area contributed by atoms with E-state index in [2.05, 4.69) is 4.98 Å². The molecule has 2 aromatic carbocycles. The number of hydrogen-bond donors (Lipinski definition) is 2. The Balaban J connectivity index is 1.38. The molecule has 1 unspecified atom stereocenters. The molecule has 1 aromatic heterocycles. The van der Waals surface area contributed by atoms with Crippen LogP contribution in [-0.4, -0.2) is 27.2 Å². The zero-order valence-electron chi connectivity index (χ0n) is 16.2. The summed E-state index contributed by atoms with van der Waals surface area (Å²) in [5.41, 5.74) is 1.31. The monoisotopic (exact) mass is 428 g/mol. The Labute approximate surface area is 175 Å². The average molecular weight is 428 g/mol. The molecule has 0 saturated heterocycles. The second-order valence-corrected chi connectivity index (χ2v) is 8.56. The number of fused-ring (bicyclic) bond motifs is 1. The van der Waals surface area contributed by atoms with Crippen LogP contribution < -0.4 is 14.3 Å². The molecule has 0 fully saturated rings. The van der Waals surface area contributed by atoms with Crippen LogP contribution in [0, 0.1) is 10.1 Å². The van der Waals surface area contributed by atoms with E-state index >= 15 is 0 Å². The van der Waals surface area contributed by atoms with E-state index in [0.29, 0.717) is 42.2 Å². The molecule has 8 nitrogen and oxygen atoms in total. The summed E-state index contributed by atoms with van der Waals surface area (Å²) in [4.78, 5) is 24.5. The van der Waals surface area contributed by atoms with Crippen molar-refractivity contribution >= 4 is 17.0 Å². The van der Waals surface area contributed by atoms with E-state index in [-0.39, 0.29) is 16.4 Å². The molecule has 3 aromatic rings. The molecule has 1 aliphatic rings. The Morgan fingerprint density at radius 3 is 2.73 bits per heavy atom.